The first-order valence-corrected chi connectivity index (χ1v) is 10.8. The lowest BCUT2D eigenvalue weighted by atomic mass is 9.91. The summed E-state index contributed by atoms with van der Waals surface area (Å²) in [6.45, 7) is 0. The summed E-state index contributed by atoms with van der Waals surface area (Å²) in [6.07, 6.45) is 2.50. The Hall–Kier alpha value is -1.66. The first-order chi connectivity index (χ1) is 11.4. The quantitative estimate of drug-likeness (QED) is 0.826. The third-order valence-electron chi connectivity index (χ3n) is 5.02. The second kappa shape index (κ2) is 5.70. The van der Waals surface area contributed by atoms with Crippen molar-refractivity contribution in [2.45, 2.75) is 25.3 Å². The lowest BCUT2D eigenvalue weighted by Gasteiger charge is -2.22. The molecule has 2 heterocycles. The van der Waals surface area contributed by atoms with Crippen LogP contribution in [0, 0.1) is 0 Å². The number of amides is 1. The fraction of sp³-hybridized carbons (Fsp3) is 0.389. The lowest BCUT2D eigenvalue weighted by molar-refractivity contribution is 0.0752. The van der Waals surface area contributed by atoms with Gasteiger partial charge in [0.15, 0.2) is 9.84 Å². The molecule has 1 fully saturated rings. The van der Waals surface area contributed by atoms with Crippen LogP contribution in [-0.4, -0.2) is 43.8 Å². The standard InChI is InChI=1S/C18H19NO3S2/c1-19(14-8-9-24(21,22)11-14)18(20)16-10-13-7-6-12-4-2-3-5-15(12)17(13)23-16/h2-5,10,14H,6-9,11H2,1H3. The number of hydrogen-bond acceptors (Lipinski definition) is 4. The number of thiophene rings is 1. The van der Waals surface area contributed by atoms with Crippen LogP contribution in [0.4, 0.5) is 0 Å². The summed E-state index contributed by atoms with van der Waals surface area (Å²) in [6, 6.07) is 10.1. The number of aryl methyl sites for hydroxylation is 2. The van der Waals surface area contributed by atoms with Gasteiger partial charge in [0.05, 0.1) is 16.4 Å². The molecule has 0 N–H and O–H groups in total. The zero-order valence-corrected chi connectivity index (χ0v) is 15.1. The Labute approximate surface area is 146 Å². The maximum atomic E-state index is 12.8. The minimum Gasteiger partial charge on any atom is -0.337 e. The Morgan fingerprint density at radius 3 is 2.71 bits per heavy atom. The molecule has 1 aliphatic carbocycles. The minimum atomic E-state index is -2.99. The van der Waals surface area contributed by atoms with Crippen molar-refractivity contribution in [3.63, 3.8) is 0 Å². The molecule has 0 saturated carbocycles. The van der Waals surface area contributed by atoms with E-state index in [1.165, 1.54) is 32.9 Å². The molecule has 1 saturated heterocycles. The van der Waals surface area contributed by atoms with E-state index in [2.05, 4.69) is 18.2 Å². The molecule has 24 heavy (non-hydrogen) atoms. The fourth-order valence-electron chi connectivity index (χ4n) is 3.60. The van der Waals surface area contributed by atoms with Gasteiger partial charge in [-0.1, -0.05) is 24.3 Å². The second-order valence-corrected chi connectivity index (χ2v) is 9.88. The molecule has 1 aliphatic heterocycles. The molecule has 6 heteroatoms. The summed E-state index contributed by atoms with van der Waals surface area (Å²) in [5.74, 6) is 0.209. The van der Waals surface area contributed by atoms with Crippen LogP contribution in [0.5, 0.6) is 0 Å². The summed E-state index contributed by atoms with van der Waals surface area (Å²) >= 11 is 1.53. The molecule has 4 nitrogen and oxygen atoms in total. The van der Waals surface area contributed by atoms with Gasteiger partial charge < -0.3 is 4.90 Å². The highest BCUT2D eigenvalue weighted by molar-refractivity contribution is 7.91. The SMILES string of the molecule is CN(C(=O)c1cc2c(s1)-c1ccccc1CC2)C1CCS(=O)(=O)C1. The molecule has 2 aliphatic rings. The van der Waals surface area contributed by atoms with Crippen molar-refractivity contribution in [3.05, 3.63) is 46.3 Å². The van der Waals surface area contributed by atoms with Gasteiger partial charge in [0.2, 0.25) is 0 Å². The molecule has 1 aromatic heterocycles. The number of fused-ring (bicyclic) bond motifs is 3. The van der Waals surface area contributed by atoms with Gasteiger partial charge in [-0.05, 0) is 42.0 Å². The highest BCUT2D eigenvalue weighted by atomic mass is 32.2. The zero-order chi connectivity index (χ0) is 16.9. The first-order valence-electron chi connectivity index (χ1n) is 8.13. The monoisotopic (exact) mass is 361 g/mol. The van der Waals surface area contributed by atoms with E-state index >= 15 is 0 Å². The van der Waals surface area contributed by atoms with Crippen LogP contribution in [0.3, 0.4) is 0 Å². The summed E-state index contributed by atoms with van der Waals surface area (Å²) < 4.78 is 23.3. The molecule has 0 radical (unpaired) electrons. The van der Waals surface area contributed by atoms with Crippen molar-refractivity contribution in [1.82, 2.24) is 4.90 Å². The number of carbonyl (C=O) groups is 1. The third-order valence-corrected chi connectivity index (χ3v) is 7.97. The van der Waals surface area contributed by atoms with Gasteiger partial charge in [0, 0.05) is 18.0 Å². The van der Waals surface area contributed by atoms with Gasteiger partial charge >= 0.3 is 0 Å². The smallest absolute Gasteiger partial charge is 0.263 e. The van der Waals surface area contributed by atoms with Gasteiger partial charge in [0.1, 0.15) is 0 Å². The van der Waals surface area contributed by atoms with Gasteiger partial charge in [-0.3, -0.25) is 4.79 Å². The molecule has 126 valence electrons. The van der Waals surface area contributed by atoms with Crippen molar-refractivity contribution in [2.24, 2.45) is 0 Å². The van der Waals surface area contributed by atoms with Crippen molar-refractivity contribution in [1.29, 1.82) is 0 Å². The number of hydrogen-bond donors (Lipinski definition) is 0. The minimum absolute atomic E-state index is 0.0611. The normalized spacial score (nSPS) is 21.1. The zero-order valence-electron chi connectivity index (χ0n) is 13.5. The lowest BCUT2D eigenvalue weighted by Crippen LogP contribution is -2.37. The van der Waals surface area contributed by atoms with E-state index < -0.39 is 9.84 Å². The Morgan fingerprint density at radius 2 is 1.96 bits per heavy atom. The number of rotatable bonds is 2. The van der Waals surface area contributed by atoms with Crippen LogP contribution in [-0.2, 0) is 22.7 Å². The first kappa shape index (κ1) is 15.8. The molecular formula is C18H19NO3S2. The van der Waals surface area contributed by atoms with Crippen LogP contribution in [0.1, 0.15) is 27.2 Å². The van der Waals surface area contributed by atoms with Gasteiger partial charge in [-0.2, -0.15) is 0 Å². The van der Waals surface area contributed by atoms with Crippen LogP contribution in [0.25, 0.3) is 10.4 Å². The van der Waals surface area contributed by atoms with E-state index in [0.29, 0.717) is 11.3 Å². The number of carbonyl (C=O) groups excluding carboxylic acids is 1. The van der Waals surface area contributed by atoms with Crippen LogP contribution in [0.15, 0.2) is 30.3 Å². The van der Waals surface area contributed by atoms with Crippen molar-refractivity contribution >= 4 is 27.1 Å². The molecular weight excluding hydrogens is 342 g/mol. The largest absolute Gasteiger partial charge is 0.337 e. The van der Waals surface area contributed by atoms with Crippen molar-refractivity contribution in [2.75, 3.05) is 18.6 Å². The molecule has 4 rings (SSSR count). The molecule has 0 bridgehead atoms. The van der Waals surface area contributed by atoms with E-state index in [-0.39, 0.29) is 23.5 Å². The van der Waals surface area contributed by atoms with E-state index in [1.807, 2.05) is 12.1 Å². The highest BCUT2D eigenvalue weighted by Crippen LogP contribution is 2.40. The summed E-state index contributed by atoms with van der Waals surface area (Å²) in [5.41, 5.74) is 3.80. The van der Waals surface area contributed by atoms with Gasteiger partial charge in [0.25, 0.3) is 5.91 Å². The maximum Gasteiger partial charge on any atom is 0.263 e. The Kier molecular flexibility index (Phi) is 3.77. The average Bonchev–Trinajstić information content (AvgIpc) is 3.16. The number of sulfone groups is 1. The van der Waals surface area contributed by atoms with Crippen molar-refractivity contribution in [3.8, 4) is 10.4 Å². The molecule has 0 spiro atoms. The molecule has 2 aromatic rings. The Bertz CT molecular complexity index is 914. The predicted octanol–water partition coefficient (Wildman–Crippen LogP) is 2.77. The number of nitrogens with zero attached hydrogens (tertiary/aromatic N) is 1. The molecule has 1 amide bonds. The molecule has 1 aromatic carbocycles. The molecule has 1 atom stereocenters. The summed E-state index contributed by atoms with van der Waals surface area (Å²) in [7, 11) is -1.27. The predicted molar refractivity (Wildman–Crippen MR) is 96.3 cm³/mol. The van der Waals surface area contributed by atoms with E-state index in [0.717, 1.165) is 12.8 Å². The average molecular weight is 361 g/mol. The van der Waals surface area contributed by atoms with Crippen molar-refractivity contribution < 1.29 is 13.2 Å². The van der Waals surface area contributed by atoms with Crippen LogP contribution < -0.4 is 0 Å². The van der Waals surface area contributed by atoms with Gasteiger partial charge in [-0.25, -0.2) is 8.42 Å². The third kappa shape index (κ3) is 2.67. The summed E-state index contributed by atoms with van der Waals surface area (Å²) in [5, 5.41) is 0. The topological polar surface area (TPSA) is 54.5 Å². The van der Waals surface area contributed by atoms with Crippen LogP contribution >= 0.6 is 11.3 Å². The van der Waals surface area contributed by atoms with E-state index in [4.69, 9.17) is 0 Å². The Balaban J connectivity index is 1.63. The maximum absolute atomic E-state index is 12.8. The molecule has 1 unspecified atom stereocenters. The van der Waals surface area contributed by atoms with Gasteiger partial charge in [-0.15, -0.1) is 11.3 Å². The van der Waals surface area contributed by atoms with E-state index in [9.17, 15) is 13.2 Å². The summed E-state index contributed by atoms with van der Waals surface area (Å²) in [4.78, 5) is 16.3. The number of benzene rings is 1. The Morgan fingerprint density at radius 1 is 1.21 bits per heavy atom. The van der Waals surface area contributed by atoms with E-state index in [1.54, 1.807) is 11.9 Å². The second-order valence-electron chi connectivity index (χ2n) is 6.60. The highest BCUT2D eigenvalue weighted by Gasteiger charge is 2.34. The fourth-order valence-corrected chi connectivity index (χ4v) is 6.63. The van der Waals surface area contributed by atoms with Crippen LogP contribution in [0.2, 0.25) is 0 Å².